The number of nitrogens with two attached hydrogens (primary N) is 1. The third-order valence-corrected chi connectivity index (χ3v) is 3.36. The van der Waals surface area contributed by atoms with Crippen LogP contribution in [0.5, 0.6) is 0 Å². The summed E-state index contributed by atoms with van der Waals surface area (Å²) in [5.41, 5.74) is 7.26. The van der Waals surface area contributed by atoms with Crippen LogP contribution in [0.3, 0.4) is 0 Å². The fraction of sp³-hybridized carbons (Fsp3) is 0.562. The number of nitrogens with one attached hydrogen (secondary N) is 1. The summed E-state index contributed by atoms with van der Waals surface area (Å²) < 4.78 is 0. The third-order valence-electron chi connectivity index (χ3n) is 3.36. The van der Waals surface area contributed by atoms with Gasteiger partial charge in [0, 0.05) is 12.1 Å². The topological polar surface area (TPSA) is 55.1 Å². The predicted octanol–water partition coefficient (Wildman–Crippen LogP) is 2.80. The molecule has 0 unspecified atom stereocenters. The second-order valence-corrected chi connectivity index (χ2v) is 6.35. The van der Waals surface area contributed by atoms with E-state index in [1.54, 1.807) is 0 Å². The van der Waals surface area contributed by atoms with Gasteiger partial charge in [0.1, 0.15) is 0 Å². The van der Waals surface area contributed by atoms with Gasteiger partial charge in [-0.15, -0.1) is 12.4 Å². The van der Waals surface area contributed by atoms with Gasteiger partial charge in [-0.25, -0.2) is 0 Å². The van der Waals surface area contributed by atoms with Crippen molar-refractivity contribution in [2.24, 2.45) is 5.73 Å². The van der Waals surface area contributed by atoms with E-state index in [4.69, 9.17) is 5.73 Å². The number of rotatable bonds is 5. The zero-order valence-corrected chi connectivity index (χ0v) is 13.9. The lowest BCUT2D eigenvalue weighted by molar-refractivity contribution is -0.125. The predicted molar refractivity (Wildman–Crippen MR) is 87.4 cm³/mol. The van der Waals surface area contributed by atoms with Gasteiger partial charge in [-0.1, -0.05) is 31.2 Å². The number of carbonyl (C=O) groups is 1. The minimum Gasteiger partial charge on any atom is -0.354 e. The second kappa shape index (κ2) is 7.09. The molecule has 0 aliphatic carbocycles. The monoisotopic (exact) mass is 298 g/mol. The van der Waals surface area contributed by atoms with E-state index >= 15 is 0 Å². The molecule has 0 atom stereocenters. The van der Waals surface area contributed by atoms with E-state index in [0.29, 0.717) is 6.54 Å². The highest BCUT2D eigenvalue weighted by Gasteiger charge is 2.30. The third kappa shape index (κ3) is 5.14. The lowest BCUT2D eigenvalue weighted by Crippen LogP contribution is -2.49. The Hall–Kier alpha value is -1.06. The fourth-order valence-corrected chi connectivity index (χ4v) is 1.82. The highest BCUT2D eigenvalue weighted by atomic mass is 35.5. The maximum absolute atomic E-state index is 12.3. The molecule has 0 bridgehead atoms. The number of amides is 1. The van der Waals surface area contributed by atoms with Gasteiger partial charge in [0.25, 0.3) is 0 Å². The van der Waals surface area contributed by atoms with E-state index in [1.807, 2.05) is 39.8 Å². The Morgan fingerprint density at radius 2 is 1.65 bits per heavy atom. The van der Waals surface area contributed by atoms with Crippen LogP contribution in [-0.2, 0) is 16.6 Å². The Morgan fingerprint density at radius 1 is 1.15 bits per heavy atom. The van der Waals surface area contributed by atoms with Crippen molar-refractivity contribution in [2.45, 2.75) is 52.0 Å². The lowest BCUT2D eigenvalue weighted by atomic mass is 9.83. The lowest BCUT2D eigenvalue weighted by Gasteiger charge is -2.27. The molecule has 1 aromatic rings. The van der Waals surface area contributed by atoms with Crippen molar-refractivity contribution in [2.75, 3.05) is 6.54 Å². The highest BCUT2D eigenvalue weighted by molar-refractivity contribution is 5.87. The molecule has 1 amide bonds. The van der Waals surface area contributed by atoms with Crippen LogP contribution >= 0.6 is 12.4 Å². The zero-order chi connectivity index (χ0) is 14.7. The summed E-state index contributed by atoms with van der Waals surface area (Å²) in [7, 11) is 0. The Kier molecular flexibility index (Phi) is 6.72. The van der Waals surface area contributed by atoms with Crippen LogP contribution < -0.4 is 11.1 Å². The van der Waals surface area contributed by atoms with Gasteiger partial charge in [-0.2, -0.15) is 0 Å². The first-order chi connectivity index (χ1) is 8.66. The maximum atomic E-state index is 12.3. The quantitative estimate of drug-likeness (QED) is 0.878. The van der Waals surface area contributed by atoms with Crippen molar-refractivity contribution < 1.29 is 4.79 Å². The van der Waals surface area contributed by atoms with Crippen LogP contribution in [0.15, 0.2) is 24.3 Å². The van der Waals surface area contributed by atoms with Gasteiger partial charge in [0.15, 0.2) is 0 Å². The Labute approximate surface area is 128 Å². The van der Waals surface area contributed by atoms with Crippen LogP contribution in [-0.4, -0.2) is 18.0 Å². The smallest absolute Gasteiger partial charge is 0.230 e. The molecule has 3 N–H and O–H groups in total. The summed E-state index contributed by atoms with van der Waals surface area (Å²) in [4.78, 5) is 12.3. The number of halogens is 1. The van der Waals surface area contributed by atoms with E-state index < -0.39 is 11.0 Å². The van der Waals surface area contributed by atoms with Crippen molar-refractivity contribution >= 4 is 18.3 Å². The first-order valence-corrected chi connectivity index (χ1v) is 6.83. The molecule has 0 saturated heterocycles. The summed E-state index contributed by atoms with van der Waals surface area (Å²) in [6.45, 7) is 10.3. The Balaban J connectivity index is 0.00000361. The Bertz CT molecular complexity index is 433. The van der Waals surface area contributed by atoms with E-state index in [0.717, 1.165) is 12.0 Å². The summed E-state index contributed by atoms with van der Waals surface area (Å²) in [6, 6.07) is 8.23. The zero-order valence-electron chi connectivity index (χ0n) is 13.1. The molecular weight excluding hydrogens is 272 g/mol. The highest BCUT2D eigenvalue weighted by Crippen LogP contribution is 2.24. The Morgan fingerprint density at radius 3 is 2.05 bits per heavy atom. The first-order valence-electron chi connectivity index (χ1n) is 6.83. The maximum Gasteiger partial charge on any atom is 0.230 e. The largest absolute Gasteiger partial charge is 0.354 e. The van der Waals surface area contributed by atoms with Crippen LogP contribution in [0.4, 0.5) is 0 Å². The first kappa shape index (κ1) is 18.9. The van der Waals surface area contributed by atoms with E-state index in [9.17, 15) is 4.79 Å². The standard InChI is InChI=1S/C16H26N2O.ClH/c1-6-12-7-9-13(10-8-12)16(4,5)14(19)18-11-15(2,3)17;/h7-10H,6,11,17H2,1-5H3,(H,18,19);1H. The van der Waals surface area contributed by atoms with Crippen molar-refractivity contribution in [3.05, 3.63) is 35.4 Å². The summed E-state index contributed by atoms with van der Waals surface area (Å²) >= 11 is 0. The molecule has 0 heterocycles. The number of aryl methyl sites for hydroxylation is 1. The molecular formula is C16H27ClN2O. The van der Waals surface area contributed by atoms with Crippen LogP contribution in [0.2, 0.25) is 0 Å². The van der Waals surface area contributed by atoms with Gasteiger partial charge in [0.2, 0.25) is 5.91 Å². The van der Waals surface area contributed by atoms with Crippen molar-refractivity contribution in [1.29, 1.82) is 0 Å². The molecule has 114 valence electrons. The minimum atomic E-state index is -0.544. The molecule has 0 spiro atoms. The van der Waals surface area contributed by atoms with Crippen molar-refractivity contribution in [1.82, 2.24) is 5.32 Å². The van der Waals surface area contributed by atoms with Gasteiger partial charge < -0.3 is 11.1 Å². The second-order valence-electron chi connectivity index (χ2n) is 6.35. The molecule has 0 fully saturated rings. The molecule has 1 aromatic carbocycles. The number of benzene rings is 1. The molecule has 3 nitrogen and oxygen atoms in total. The summed E-state index contributed by atoms with van der Waals surface area (Å²) in [6.07, 6.45) is 1.01. The normalized spacial score (nSPS) is 11.7. The average molecular weight is 299 g/mol. The van der Waals surface area contributed by atoms with Crippen LogP contribution in [0.1, 0.15) is 45.7 Å². The number of hydrogen-bond donors (Lipinski definition) is 2. The van der Waals surface area contributed by atoms with Crippen molar-refractivity contribution in [3.8, 4) is 0 Å². The number of carbonyl (C=O) groups excluding carboxylic acids is 1. The van der Waals surface area contributed by atoms with E-state index in [-0.39, 0.29) is 18.3 Å². The van der Waals surface area contributed by atoms with E-state index in [1.165, 1.54) is 5.56 Å². The van der Waals surface area contributed by atoms with Gasteiger partial charge in [-0.05, 0) is 45.2 Å². The molecule has 4 heteroatoms. The fourth-order valence-electron chi connectivity index (χ4n) is 1.82. The molecule has 0 radical (unpaired) electrons. The SMILES string of the molecule is CCc1ccc(C(C)(C)C(=O)NCC(C)(C)N)cc1.Cl. The molecule has 0 aromatic heterocycles. The van der Waals surface area contributed by atoms with Crippen LogP contribution in [0, 0.1) is 0 Å². The van der Waals surface area contributed by atoms with E-state index in [2.05, 4.69) is 24.4 Å². The average Bonchev–Trinajstić information content (AvgIpc) is 2.35. The number of hydrogen-bond acceptors (Lipinski definition) is 2. The van der Waals surface area contributed by atoms with Crippen molar-refractivity contribution in [3.63, 3.8) is 0 Å². The molecule has 1 rings (SSSR count). The minimum absolute atomic E-state index is 0. The molecule has 0 aliphatic rings. The van der Waals surface area contributed by atoms with Gasteiger partial charge in [-0.3, -0.25) is 4.79 Å². The van der Waals surface area contributed by atoms with Gasteiger partial charge >= 0.3 is 0 Å². The van der Waals surface area contributed by atoms with Gasteiger partial charge in [0.05, 0.1) is 5.41 Å². The molecule has 0 saturated carbocycles. The molecule has 0 aliphatic heterocycles. The summed E-state index contributed by atoms with van der Waals surface area (Å²) in [5.74, 6) is 0.00951. The molecule has 20 heavy (non-hydrogen) atoms. The summed E-state index contributed by atoms with van der Waals surface area (Å²) in [5, 5.41) is 2.93. The van der Waals surface area contributed by atoms with Crippen LogP contribution in [0.25, 0.3) is 0 Å².